The number of carbonyl (C=O) groups excluding carboxylic acids is 1. The topological polar surface area (TPSA) is 88.6 Å². The SMILES string of the molecule is CSc1ccc(C(=O)NCC(c2ccco2)N2CCCC2)cc1[N+](=O)[O-]. The van der Waals surface area contributed by atoms with Crippen molar-refractivity contribution in [2.24, 2.45) is 0 Å². The minimum atomic E-state index is -0.460. The Balaban J connectivity index is 1.72. The van der Waals surface area contributed by atoms with Gasteiger partial charge < -0.3 is 9.73 Å². The van der Waals surface area contributed by atoms with Crippen LogP contribution in [0.15, 0.2) is 45.9 Å². The Morgan fingerprint density at radius 1 is 1.38 bits per heavy atom. The Morgan fingerprint density at radius 2 is 2.15 bits per heavy atom. The van der Waals surface area contributed by atoms with Crippen LogP contribution in [0.2, 0.25) is 0 Å². The van der Waals surface area contributed by atoms with Crippen molar-refractivity contribution >= 4 is 23.4 Å². The average molecular weight is 375 g/mol. The number of rotatable bonds is 7. The van der Waals surface area contributed by atoms with Crippen LogP contribution in [0.3, 0.4) is 0 Å². The van der Waals surface area contributed by atoms with Gasteiger partial charge in [0.15, 0.2) is 0 Å². The summed E-state index contributed by atoms with van der Waals surface area (Å²) in [7, 11) is 0. The van der Waals surface area contributed by atoms with Gasteiger partial charge >= 0.3 is 0 Å². The summed E-state index contributed by atoms with van der Waals surface area (Å²) in [5, 5.41) is 14.1. The lowest BCUT2D eigenvalue weighted by Crippen LogP contribution is -2.36. The molecule has 1 aliphatic heterocycles. The van der Waals surface area contributed by atoms with Crippen molar-refractivity contribution < 1.29 is 14.1 Å². The molecule has 26 heavy (non-hydrogen) atoms. The summed E-state index contributed by atoms with van der Waals surface area (Å²) in [5.74, 6) is 0.493. The number of nitrogens with zero attached hydrogens (tertiary/aromatic N) is 2. The molecule has 3 rings (SSSR count). The molecule has 1 N–H and O–H groups in total. The van der Waals surface area contributed by atoms with Crippen LogP contribution < -0.4 is 5.32 Å². The highest BCUT2D eigenvalue weighted by atomic mass is 32.2. The molecule has 1 aromatic heterocycles. The number of amides is 1. The number of likely N-dealkylation sites (tertiary alicyclic amines) is 1. The molecule has 0 saturated carbocycles. The van der Waals surface area contributed by atoms with E-state index in [2.05, 4.69) is 10.2 Å². The maximum atomic E-state index is 12.5. The van der Waals surface area contributed by atoms with Crippen LogP contribution in [0.25, 0.3) is 0 Å². The first-order valence-electron chi connectivity index (χ1n) is 8.48. The summed E-state index contributed by atoms with van der Waals surface area (Å²) in [6, 6.07) is 8.28. The second kappa shape index (κ2) is 8.37. The largest absolute Gasteiger partial charge is 0.468 e. The molecule has 8 heteroatoms. The van der Waals surface area contributed by atoms with Gasteiger partial charge in [0.1, 0.15) is 5.76 Å². The molecule has 0 radical (unpaired) electrons. The van der Waals surface area contributed by atoms with Gasteiger partial charge in [-0.1, -0.05) is 0 Å². The minimum Gasteiger partial charge on any atom is -0.468 e. The van der Waals surface area contributed by atoms with E-state index >= 15 is 0 Å². The van der Waals surface area contributed by atoms with Crippen LogP contribution in [0.4, 0.5) is 5.69 Å². The van der Waals surface area contributed by atoms with Crippen molar-refractivity contribution in [1.29, 1.82) is 0 Å². The quantitative estimate of drug-likeness (QED) is 0.453. The monoisotopic (exact) mass is 375 g/mol. The molecule has 0 bridgehead atoms. The van der Waals surface area contributed by atoms with Gasteiger partial charge in [0, 0.05) is 18.2 Å². The highest BCUT2D eigenvalue weighted by molar-refractivity contribution is 7.98. The van der Waals surface area contributed by atoms with Crippen molar-refractivity contribution in [2.75, 3.05) is 25.9 Å². The summed E-state index contributed by atoms with van der Waals surface area (Å²) in [6.07, 6.45) is 5.66. The van der Waals surface area contributed by atoms with Crippen molar-refractivity contribution in [3.05, 3.63) is 58.0 Å². The minimum absolute atomic E-state index is 0.0306. The fourth-order valence-electron chi connectivity index (χ4n) is 3.21. The zero-order chi connectivity index (χ0) is 18.5. The molecule has 1 amide bonds. The first-order chi connectivity index (χ1) is 12.6. The Morgan fingerprint density at radius 3 is 2.77 bits per heavy atom. The number of hydrogen-bond acceptors (Lipinski definition) is 6. The molecule has 2 aromatic rings. The molecule has 0 aliphatic carbocycles. The zero-order valence-electron chi connectivity index (χ0n) is 14.5. The average Bonchev–Trinajstić information content (AvgIpc) is 3.35. The van der Waals surface area contributed by atoms with E-state index in [-0.39, 0.29) is 23.2 Å². The Hall–Kier alpha value is -2.32. The molecule has 1 saturated heterocycles. The van der Waals surface area contributed by atoms with Crippen molar-refractivity contribution in [3.8, 4) is 0 Å². The fraction of sp³-hybridized carbons (Fsp3) is 0.389. The molecule has 1 unspecified atom stereocenters. The third-order valence-corrected chi connectivity index (χ3v) is 5.33. The maximum absolute atomic E-state index is 12.5. The van der Waals surface area contributed by atoms with Crippen LogP contribution in [-0.4, -0.2) is 41.6 Å². The first-order valence-corrected chi connectivity index (χ1v) is 9.70. The van der Waals surface area contributed by atoms with Gasteiger partial charge in [0.25, 0.3) is 11.6 Å². The third-order valence-electron chi connectivity index (χ3n) is 4.55. The predicted octanol–water partition coefficient (Wildman–Crippen LogP) is 3.48. The molecule has 1 aliphatic rings. The molecule has 1 atom stereocenters. The standard InChI is InChI=1S/C18H21N3O4S/c1-26-17-7-6-13(11-14(17)21(23)24)18(22)19-12-15(16-5-4-10-25-16)20-8-2-3-9-20/h4-7,10-11,15H,2-3,8-9,12H2,1H3,(H,19,22). The number of thioether (sulfide) groups is 1. The number of hydrogen-bond donors (Lipinski definition) is 1. The zero-order valence-corrected chi connectivity index (χ0v) is 15.3. The van der Waals surface area contributed by atoms with Crippen molar-refractivity contribution in [3.63, 3.8) is 0 Å². The van der Waals surface area contributed by atoms with Gasteiger partial charge in [-0.2, -0.15) is 0 Å². The van der Waals surface area contributed by atoms with E-state index in [9.17, 15) is 14.9 Å². The van der Waals surface area contributed by atoms with Crippen molar-refractivity contribution in [1.82, 2.24) is 10.2 Å². The number of nitrogens with one attached hydrogen (secondary N) is 1. The van der Waals surface area contributed by atoms with Crippen LogP contribution in [0.5, 0.6) is 0 Å². The van der Waals surface area contributed by atoms with Crippen LogP contribution in [0.1, 0.15) is 35.0 Å². The molecule has 0 spiro atoms. The number of furan rings is 1. The smallest absolute Gasteiger partial charge is 0.283 e. The van der Waals surface area contributed by atoms with E-state index in [0.717, 1.165) is 31.7 Å². The van der Waals surface area contributed by atoms with Gasteiger partial charge in [-0.25, -0.2) is 0 Å². The van der Waals surface area contributed by atoms with E-state index in [1.54, 1.807) is 24.7 Å². The van der Waals surface area contributed by atoms with Crippen LogP contribution in [0, 0.1) is 10.1 Å². The second-order valence-corrected chi connectivity index (χ2v) is 6.98. The highest BCUT2D eigenvalue weighted by Gasteiger charge is 2.26. The lowest BCUT2D eigenvalue weighted by Gasteiger charge is -2.26. The van der Waals surface area contributed by atoms with E-state index in [1.807, 2.05) is 12.1 Å². The molecule has 138 valence electrons. The van der Waals surface area contributed by atoms with E-state index in [0.29, 0.717) is 11.4 Å². The number of nitro benzene ring substituents is 1. The lowest BCUT2D eigenvalue weighted by atomic mass is 10.1. The number of nitro groups is 1. The highest BCUT2D eigenvalue weighted by Crippen LogP contribution is 2.29. The molecule has 1 aromatic carbocycles. The summed E-state index contributed by atoms with van der Waals surface area (Å²) in [4.78, 5) is 26.1. The van der Waals surface area contributed by atoms with Gasteiger partial charge in [0.05, 0.1) is 22.1 Å². The summed E-state index contributed by atoms with van der Waals surface area (Å²) < 4.78 is 5.54. The predicted molar refractivity (Wildman–Crippen MR) is 99.5 cm³/mol. The van der Waals surface area contributed by atoms with E-state index < -0.39 is 4.92 Å². The molecular weight excluding hydrogens is 354 g/mol. The molecule has 7 nitrogen and oxygen atoms in total. The van der Waals surface area contributed by atoms with E-state index in [1.165, 1.54) is 17.8 Å². The fourth-order valence-corrected chi connectivity index (χ4v) is 3.76. The van der Waals surface area contributed by atoms with Gasteiger partial charge in [-0.15, -0.1) is 11.8 Å². The van der Waals surface area contributed by atoms with Gasteiger partial charge in [-0.05, 0) is 56.5 Å². The Bertz CT molecular complexity index is 773. The number of benzene rings is 1. The summed E-state index contributed by atoms with van der Waals surface area (Å²) >= 11 is 1.29. The Labute approximate surface area is 155 Å². The number of carbonyl (C=O) groups is 1. The Kier molecular flexibility index (Phi) is 5.95. The second-order valence-electron chi connectivity index (χ2n) is 6.13. The van der Waals surface area contributed by atoms with Gasteiger partial charge in [0.2, 0.25) is 0 Å². The summed E-state index contributed by atoms with van der Waals surface area (Å²) in [5.41, 5.74) is 0.237. The van der Waals surface area contributed by atoms with Crippen LogP contribution in [-0.2, 0) is 0 Å². The molecular formula is C18H21N3O4S. The van der Waals surface area contributed by atoms with Crippen molar-refractivity contribution in [2.45, 2.75) is 23.8 Å². The first kappa shape index (κ1) is 18.5. The van der Waals surface area contributed by atoms with Gasteiger partial charge in [-0.3, -0.25) is 19.8 Å². The molecule has 2 heterocycles. The van der Waals surface area contributed by atoms with Crippen LogP contribution >= 0.6 is 11.8 Å². The normalized spacial score (nSPS) is 15.7. The lowest BCUT2D eigenvalue weighted by molar-refractivity contribution is -0.387. The summed E-state index contributed by atoms with van der Waals surface area (Å²) in [6.45, 7) is 2.33. The van der Waals surface area contributed by atoms with E-state index in [4.69, 9.17) is 4.42 Å². The maximum Gasteiger partial charge on any atom is 0.283 e. The third kappa shape index (κ3) is 4.08. The molecule has 1 fully saturated rings.